The molecule has 0 fully saturated rings. The highest BCUT2D eigenvalue weighted by atomic mass is 32.2. The van der Waals surface area contributed by atoms with Crippen molar-refractivity contribution in [3.8, 4) is 11.4 Å². The highest BCUT2D eigenvalue weighted by molar-refractivity contribution is 7.99. The fraction of sp³-hybridized carbons (Fsp3) is 0.200. The maximum atomic E-state index is 12.8. The average Bonchev–Trinajstić information content (AvgIpc) is 3.27. The summed E-state index contributed by atoms with van der Waals surface area (Å²) in [6, 6.07) is 11.8. The van der Waals surface area contributed by atoms with Crippen LogP contribution in [0.15, 0.2) is 60.1 Å². The number of rotatable bonds is 6. The van der Waals surface area contributed by atoms with Crippen LogP contribution in [0.1, 0.15) is 17.3 Å². The predicted molar refractivity (Wildman–Crippen MR) is 107 cm³/mol. The molecule has 136 valence electrons. The number of nitrogens with zero attached hydrogens (tertiary/aromatic N) is 5. The van der Waals surface area contributed by atoms with E-state index in [4.69, 9.17) is 0 Å². The van der Waals surface area contributed by atoms with Crippen LogP contribution < -0.4 is 0 Å². The van der Waals surface area contributed by atoms with Crippen LogP contribution in [0.4, 0.5) is 0 Å². The van der Waals surface area contributed by atoms with Gasteiger partial charge >= 0.3 is 0 Å². The fourth-order valence-corrected chi connectivity index (χ4v) is 3.92. The van der Waals surface area contributed by atoms with Crippen molar-refractivity contribution in [1.29, 1.82) is 0 Å². The van der Waals surface area contributed by atoms with Crippen molar-refractivity contribution in [3.05, 3.63) is 60.6 Å². The summed E-state index contributed by atoms with van der Waals surface area (Å²) in [5, 5.41) is 10.2. The summed E-state index contributed by atoms with van der Waals surface area (Å²) in [5.41, 5.74) is 2.75. The molecule has 0 radical (unpaired) electrons. The van der Waals surface area contributed by atoms with E-state index >= 15 is 0 Å². The number of thioether (sulfide) groups is 1. The number of hydrogen-bond acceptors (Lipinski definition) is 5. The normalized spacial score (nSPS) is 11.2. The second kappa shape index (κ2) is 7.36. The third-order valence-electron chi connectivity index (χ3n) is 4.52. The molecule has 0 aliphatic carbocycles. The van der Waals surface area contributed by atoms with Crippen LogP contribution in [-0.2, 0) is 13.6 Å². The van der Waals surface area contributed by atoms with Gasteiger partial charge in [-0.1, -0.05) is 30.0 Å². The Kier molecular flexibility index (Phi) is 4.77. The van der Waals surface area contributed by atoms with Gasteiger partial charge in [-0.2, -0.15) is 0 Å². The van der Waals surface area contributed by atoms with Gasteiger partial charge in [0.15, 0.2) is 16.8 Å². The minimum Gasteiger partial charge on any atom is -0.347 e. The zero-order valence-electron chi connectivity index (χ0n) is 15.2. The smallest absolute Gasteiger partial charge is 0.191 e. The lowest BCUT2D eigenvalue weighted by atomic mass is 10.1. The molecular weight excluding hydrogens is 358 g/mol. The number of pyridine rings is 1. The first kappa shape index (κ1) is 17.5. The van der Waals surface area contributed by atoms with Gasteiger partial charge < -0.3 is 9.13 Å². The summed E-state index contributed by atoms with van der Waals surface area (Å²) < 4.78 is 4.00. The first-order chi connectivity index (χ1) is 13.2. The first-order valence-electron chi connectivity index (χ1n) is 8.72. The molecule has 27 heavy (non-hydrogen) atoms. The van der Waals surface area contributed by atoms with Crippen molar-refractivity contribution < 1.29 is 4.79 Å². The second-order valence-corrected chi connectivity index (χ2v) is 7.11. The van der Waals surface area contributed by atoms with Crippen molar-refractivity contribution in [2.24, 2.45) is 7.05 Å². The van der Waals surface area contributed by atoms with Crippen molar-refractivity contribution in [2.45, 2.75) is 18.6 Å². The molecule has 7 heteroatoms. The number of benzene rings is 1. The lowest BCUT2D eigenvalue weighted by Gasteiger charge is -2.03. The Morgan fingerprint density at radius 1 is 1.15 bits per heavy atom. The topological polar surface area (TPSA) is 65.6 Å². The lowest BCUT2D eigenvalue weighted by molar-refractivity contribution is 0.102. The summed E-state index contributed by atoms with van der Waals surface area (Å²) in [5.74, 6) is 1.14. The lowest BCUT2D eigenvalue weighted by Crippen LogP contribution is -2.03. The summed E-state index contributed by atoms with van der Waals surface area (Å²) in [6.45, 7) is 2.91. The zero-order valence-corrected chi connectivity index (χ0v) is 16.0. The molecule has 0 atom stereocenters. The van der Waals surface area contributed by atoms with Crippen LogP contribution in [-0.4, -0.2) is 35.9 Å². The predicted octanol–water partition coefficient (Wildman–Crippen LogP) is 3.83. The summed E-state index contributed by atoms with van der Waals surface area (Å²) >= 11 is 1.40. The third kappa shape index (κ3) is 3.26. The van der Waals surface area contributed by atoms with E-state index < -0.39 is 0 Å². The van der Waals surface area contributed by atoms with Crippen molar-refractivity contribution >= 4 is 28.4 Å². The van der Waals surface area contributed by atoms with E-state index in [0.29, 0.717) is 10.9 Å². The summed E-state index contributed by atoms with van der Waals surface area (Å²) in [7, 11) is 1.90. The van der Waals surface area contributed by atoms with Gasteiger partial charge in [-0.25, -0.2) is 0 Å². The molecule has 3 heterocycles. The number of aryl methyl sites for hydroxylation is 1. The average molecular weight is 377 g/mol. The van der Waals surface area contributed by atoms with Gasteiger partial charge in [0.05, 0.1) is 5.75 Å². The van der Waals surface area contributed by atoms with E-state index in [1.807, 2.05) is 54.2 Å². The largest absolute Gasteiger partial charge is 0.347 e. The Bertz CT molecular complexity index is 1100. The number of ketones is 1. The number of para-hydroxylation sites is 1. The Morgan fingerprint density at radius 2 is 2.00 bits per heavy atom. The minimum atomic E-state index is 0.0920. The number of aromatic nitrogens is 5. The molecule has 0 spiro atoms. The molecule has 0 saturated heterocycles. The second-order valence-electron chi connectivity index (χ2n) is 6.16. The molecule has 4 aromatic rings. The Balaban J connectivity index is 1.55. The van der Waals surface area contributed by atoms with E-state index in [0.717, 1.165) is 34.4 Å². The van der Waals surface area contributed by atoms with Gasteiger partial charge in [0, 0.05) is 54.2 Å². The van der Waals surface area contributed by atoms with Gasteiger partial charge in [-0.05, 0) is 25.1 Å². The fourth-order valence-electron chi connectivity index (χ4n) is 3.13. The summed E-state index contributed by atoms with van der Waals surface area (Å²) in [4.78, 5) is 17.0. The Morgan fingerprint density at radius 3 is 2.78 bits per heavy atom. The summed E-state index contributed by atoms with van der Waals surface area (Å²) in [6.07, 6.45) is 5.43. The van der Waals surface area contributed by atoms with Gasteiger partial charge in [0.2, 0.25) is 0 Å². The molecule has 0 N–H and O–H groups in total. The number of carbonyl (C=O) groups excluding carboxylic acids is 1. The molecule has 0 bridgehead atoms. The Labute approximate surface area is 161 Å². The van der Waals surface area contributed by atoms with Gasteiger partial charge in [-0.15, -0.1) is 10.2 Å². The van der Waals surface area contributed by atoms with E-state index in [1.165, 1.54) is 11.8 Å². The highest BCUT2D eigenvalue weighted by Gasteiger charge is 2.17. The van der Waals surface area contributed by atoms with E-state index in [9.17, 15) is 4.79 Å². The number of hydrogen-bond donors (Lipinski definition) is 0. The number of carbonyl (C=O) groups is 1. The third-order valence-corrected chi connectivity index (χ3v) is 5.54. The van der Waals surface area contributed by atoms with E-state index in [1.54, 1.807) is 12.4 Å². The van der Waals surface area contributed by atoms with Crippen molar-refractivity contribution in [3.63, 3.8) is 0 Å². The van der Waals surface area contributed by atoms with Gasteiger partial charge in [0.25, 0.3) is 0 Å². The van der Waals surface area contributed by atoms with E-state index in [-0.39, 0.29) is 5.78 Å². The SMILES string of the molecule is CCn1cc(C(=O)CSc2nnc(-c3cccnc3)n2C)c2ccccc21. The quantitative estimate of drug-likeness (QED) is 0.377. The zero-order chi connectivity index (χ0) is 18.8. The number of fused-ring (bicyclic) bond motifs is 1. The van der Waals surface area contributed by atoms with Crippen LogP contribution in [0.25, 0.3) is 22.3 Å². The molecule has 0 unspecified atom stereocenters. The van der Waals surface area contributed by atoms with Gasteiger partial charge in [-0.3, -0.25) is 9.78 Å². The van der Waals surface area contributed by atoms with Crippen molar-refractivity contribution in [2.75, 3.05) is 5.75 Å². The highest BCUT2D eigenvalue weighted by Crippen LogP contribution is 2.26. The molecule has 0 amide bonds. The van der Waals surface area contributed by atoms with Crippen LogP contribution in [0.2, 0.25) is 0 Å². The first-order valence-corrected chi connectivity index (χ1v) is 9.71. The van der Waals surface area contributed by atoms with Crippen LogP contribution >= 0.6 is 11.8 Å². The molecule has 6 nitrogen and oxygen atoms in total. The molecule has 3 aromatic heterocycles. The minimum absolute atomic E-state index is 0.0920. The molecule has 0 aliphatic rings. The molecule has 0 aliphatic heterocycles. The maximum Gasteiger partial charge on any atom is 0.191 e. The van der Waals surface area contributed by atoms with Crippen LogP contribution in [0, 0.1) is 0 Å². The van der Waals surface area contributed by atoms with Crippen LogP contribution in [0.3, 0.4) is 0 Å². The molecule has 1 aromatic carbocycles. The number of Topliss-reactive ketones (excluding diaryl/α,β-unsaturated/α-hetero) is 1. The van der Waals surface area contributed by atoms with Gasteiger partial charge in [0.1, 0.15) is 0 Å². The molecule has 4 rings (SSSR count). The van der Waals surface area contributed by atoms with Crippen LogP contribution in [0.5, 0.6) is 0 Å². The molecule has 0 saturated carbocycles. The van der Waals surface area contributed by atoms with Crippen molar-refractivity contribution in [1.82, 2.24) is 24.3 Å². The monoisotopic (exact) mass is 377 g/mol. The maximum absolute atomic E-state index is 12.8. The molecular formula is C20H19N5OS. The standard InChI is InChI=1S/C20H19N5OS/c1-3-25-12-16(15-8-4-5-9-17(15)25)18(26)13-27-20-23-22-19(24(20)2)14-7-6-10-21-11-14/h4-12H,3,13H2,1-2H3. The Hall–Kier alpha value is -2.93. The van der Waals surface area contributed by atoms with E-state index in [2.05, 4.69) is 26.7 Å².